The van der Waals surface area contributed by atoms with Crippen LogP contribution in [0.3, 0.4) is 0 Å². The summed E-state index contributed by atoms with van der Waals surface area (Å²) in [6.45, 7) is 5.01. The first-order valence-electron chi connectivity index (χ1n) is 9.97. The molecule has 7 nitrogen and oxygen atoms in total. The van der Waals surface area contributed by atoms with Gasteiger partial charge in [-0.15, -0.1) is 10.2 Å². The molecule has 0 aliphatic carbocycles. The molecule has 0 amide bonds. The third kappa shape index (κ3) is 3.04. The lowest BCUT2D eigenvalue weighted by molar-refractivity contribution is 0.356. The van der Waals surface area contributed by atoms with Gasteiger partial charge < -0.3 is 10.1 Å². The number of ether oxygens (including phenoxy) is 1. The molecule has 1 aliphatic heterocycles. The third-order valence-corrected chi connectivity index (χ3v) is 5.52. The van der Waals surface area contributed by atoms with Crippen molar-refractivity contribution >= 4 is 11.6 Å². The highest BCUT2D eigenvalue weighted by Gasteiger charge is 2.20. The smallest absolute Gasteiger partial charge is 0.210 e. The van der Waals surface area contributed by atoms with E-state index in [2.05, 4.69) is 45.4 Å². The minimum atomic E-state index is -0.249. The predicted octanol–water partition coefficient (Wildman–Crippen LogP) is 3.74. The summed E-state index contributed by atoms with van der Waals surface area (Å²) >= 11 is 0. The van der Waals surface area contributed by atoms with Gasteiger partial charge in [-0.3, -0.25) is 9.38 Å². The molecule has 5 rings (SSSR count). The second-order valence-corrected chi connectivity index (χ2v) is 7.32. The van der Waals surface area contributed by atoms with Crippen molar-refractivity contribution in [1.82, 2.24) is 24.6 Å². The van der Waals surface area contributed by atoms with Crippen LogP contribution < -0.4 is 10.1 Å². The van der Waals surface area contributed by atoms with E-state index in [0.717, 1.165) is 40.1 Å². The summed E-state index contributed by atoms with van der Waals surface area (Å²) in [6, 6.07) is 5.21. The summed E-state index contributed by atoms with van der Waals surface area (Å²) in [5.41, 5.74) is 6.16. The lowest BCUT2D eigenvalue weighted by Crippen LogP contribution is -2.10. The Bertz CT molecular complexity index is 1250. The lowest BCUT2D eigenvalue weighted by atomic mass is 10.0. The van der Waals surface area contributed by atoms with Crippen LogP contribution >= 0.6 is 0 Å². The molecule has 4 heterocycles. The first-order valence-corrected chi connectivity index (χ1v) is 9.97. The summed E-state index contributed by atoms with van der Waals surface area (Å²) in [7, 11) is 0. The molecule has 152 valence electrons. The number of halogens is 1. The average molecular weight is 404 g/mol. The van der Waals surface area contributed by atoms with Crippen LogP contribution in [-0.4, -0.2) is 31.2 Å². The van der Waals surface area contributed by atoms with Crippen LogP contribution in [0.1, 0.15) is 29.3 Å². The number of benzene rings is 1. The topological polar surface area (TPSA) is 77.2 Å². The Kier molecular flexibility index (Phi) is 4.54. The van der Waals surface area contributed by atoms with Gasteiger partial charge in [0.05, 0.1) is 6.61 Å². The molecule has 0 saturated carbocycles. The predicted molar refractivity (Wildman–Crippen MR) is 111 cm³/mol. The number of pyridine rings is 1. The Morgan fingerprint density at radius 1 is 1.20 bits per heavy atom. The molecule has 30 heavy (non-hydrogen) atoms. The van der Waals surface area contributed by atoms with Crippen molar-refractivity contribution in [2.24, 2.45) is 0 Å². The molecular formula is C22H21FN6O. The van der Waals surface area contributed by atoms with E-state index in [9.17, 15) is 4.39 Å². The maximum Gasteiger partial charge on any atom is 0.210 e. The highest BCUT2D eigenvalue weighted by molar-refractivity contribution is 5.79. The number of hydrogen-bond donors (Lipinski definition) is 1. The Hall–Kier alpha value is -3.55. The molecule has 0 saturated heterocycles. The number of hydrogen-bond acceptors (Lipinski definition) is 6. The Morgan fingerprint density at radius 3 is 2.90 bits per heavy atom. The molecular weight excluding hydrogens is 383 g/mol. The fourth-order valence-corrected chi connectivity index (χ4v) is 3.90. The average Bonchev–Trinajstić information content (AvgIpc) is 3.43. The molecule has 8 heteroatoms. The quantitative estimate of drug-likeness (QED) is 0.546. The first kappa shape index (κ1) is 18.5. The molecule has 1 N–H and O–H groups in total. The van der Waals surface area contributed by atoms with Crippen molar-refractivity contribution in [3.8, 4) is 16.9 Å². The molecule has 0 fully saturated rings. The highest BCUT2D eigenvalue weighted by Crippen LogP contribution is 2.31. The van der Waals surface area contributed by atoms with E-state index in [0.29, 0.717) is 36.7 Å². The summed E-state index contributed by atoms with van der Waals surface area (Å²) < 4.78 is 21.8. The monoisotopic (exact) mass is 404 g/mol. The van der Waals surface area contributed by atoms with E-state index >= 15 is 0 Å². The maximum absolute atomic E-state index is 14.4. The number of aryl methyl sites for hydroxylation is 2. The summed E-state index contributed by atoms with van der Waals surface area (Å²) in [5.74, 6) is 1.05. The van der Waals surface area contributed by atoms with E-state index in [1.165, 1.54) is 6.07 Å². The molecule has 1 aromatic carbocycles. The van der Waals surface area contributed by atoms with Crippen LogP contribution in [0.4, 0.5) is 10.3 Å². The van der Waals surface area contributed by atoms with Gasteiger partial charge in [-0.1, -0.05) is 6.92 Å². The Morgan fingerprint density at radius 2 is 2.07 bits per heavy atom. The molecule has 0 unspecified atom stereocenters. The highest BCUT2D eigenvalue weighted by atomic mass is 19.1. The van der Waals surface area contributed by atoms with Crippen LogP contribution in [0.5, 0.6) is 5.75 Å². The van der Waals surface area contributed by atoms with Crippen LogP contribution in [-0.2, 0) is 19.4 Å². The standard InChI is InChI=1S/C22H21FN6O/c1-3-14-8-13(2)16(9-24-14)18-11-26-22(29-12-27-28-21(18)29)25-10-17-15-6-7-30-20(15)5-4-19(17)23/h4-5,8-9,11-12H,3,6-7,10H2,1-2H3,(H,25,26). The van der Waals surface area contributed by atoms with Gasteiger partial charge in [0, 0.05) is 53.3 Å². The SMILES string of the molecule is CCc1cc(C)c(-c2cnc(NCc3c(F)ccc4c3CCO4)n3cnnc23)cn1. The maximum atomic E-state index is 14.4. The van der Waals surface area contributed by atoms with Crippen LogP contribution in [0.15, 0.2) is 36.9 Å². The van der Waals surface area contributed by atoms with E-state index in [1.807, 2.05) is 6.20 Å². The van der Waals surface area contributed by atoms with Crippen LogP contribution in [0.25, 0.3) is 16.8 Å². The van der Waals surface area contributed by atoms with Gasteiger partial charge in [0.2, 0.25) is 5.95 Å². The zero-order valence-electron chi connectivity index (χ0n) is 16.8. The molecule has 0 radical (unpaired) electrons. The fourth-order valence-electron chi connectivity index (χ4n) is 3.90. The first-order chi connectivity index (χ1) is 14.7. The molecule has 0 atom stereocenters. The lowest BCUT2D eigenvalue weighted by Gasteiger charge is -2.13. The second kappa shape index (κ2) is 7.37. The largest absolute Gasteiger partial charge is 0.493 e. The zero-order chi connectivity index (χ0) is 20.7. The number of nitrogens with zero attached hydrogens (tertiary/aromatic N) is 5. The van der Waals surface area contributed by atoms with E-state index in [4.69, 9.17) is 4.74 Å². The second-order valence-electron chi connectivity index (χ2n) is 7.32. The van der Waals surface area contributed by atoms with Crippen LogP contribution in [0, 0.1) is 12.7 Å². The summed E-state index contributed by atoms with van der Waals surface area (Å²) in [4.78, 5) is 9.08. The van der Waals surface area contributed by atoms with Crippen molar-refractivity contribution in [1.29, 1.82) is 0 Å². The van der Waals surface area contributed by atoms with Crippen molar-refractivity contribution in [3.63, 3.8) is 0 Å². The van der Waals surface area contributed by atoms with E-state index < -0.39 is 0 Å². The van der Waals surface area contributed by atoms with Crippen molar-refractivity contribution in [3.05, 3.63) is 65.1 Å². The molecule has 0 bridgehead atoms. The number of rotatable bonds is 5. The molecule has 0 spiro atoms. The Balaban J connectivity index is 1.49. The summed E-state index contributed by atoms with van der Waals surface area (Å²) in [5, 5.41) is 11.6. The van der Waals surface area contributed by atoms with Gasteiger partial charge in [-0.2, -0.15) is 0 Å². The Labute approximate surface area is 173 Å². The van der Waals surface area contributed by atoms with Crippen molar-refractivity contribution in [2.45, 2.75) is 33.2 Å². The third-order valence-electron chi connectivity index (χ3n) is 5.52. The van der Waals surface area contributed by atoms with Gasteiger partial charge in [-0.05, 0) is 37.1 Å². The number of fused-ring (bicyclic) bond motifs is 2. The van der Waals surface area contributed by atoms with Gasteiger partial charge in [-0.25, -0.2) is 9.37 Å². The zero-order valence-corrected chi connectivity index (χ0v) is 16.8. The van der Waals surface area contributed by atoms with Crippen molar-refractivity contribution < 1.29 is 9.13 Å². The minimum Gasteiger partial charge on any atom is -0.493 e. The van der Waals surface area contributed by atoms with Crippen LogP contribution in [0.2, 0.25) is 0 Å². The van der Waals surface area contributed by atoms with Gasteiger partial charge >= 0.3 is 0 Å². The van der Waals surface area contributed by atoms with Crippen molar-refractivity contribution in [2.75, 3.05) is 11.9 Å². The minimum absolute atomic E-state index is 0.249. The fraction of sp³-hybridized carbons (Fsp3) is 0.273. The van der Waals surface area contributed by atoms with E-state index in [1.54, 1.807) is 23.0 Å². The number of anilines is 1. The van der Waals surface area contributed by atoms with Gasteiger partial charge in [0.15, 0.2) is 5.65 Å². The summed E-state index contributed by atoms with van der Waals surface area (Å²) in [6.07, 6.45) is 6.81. The number of aromatic nitrogens is 5. The van der Waals surface area contributed by atoms with Gasteiger partial charge in [0.25, 0.3) is 0 Å². The number of nitrogens with one attached hydrogen (secondary N) is 1. The van der Waals surface area contributed by atoms with E-state index in [-0.39, 0.29) is 5.82 Å². The molecule has 4 aromatic rings. The van der Waals surface area contributed by atoms with Gasteiger partial charge in [0.1, 0.15) is 17.9 Å². The molecule has 3 aromatic heterocycles. The molecule has 1 aliphatic rings. The normalized spacial score (nSPS) is 12.8.